The molecule has 3 aromatic rings. The Morgan fingerprint density at radius 3 is 2.93 bits per heavy atom. The predicted octanol–water partition coefficient (Wildman–Crippen LogP) is 3.60. The summed E-state index contributed by atoms with van der Waals surface area (Å²) in [6.07, 6.45) is 4.34. The molecule has 1 amide bonds. The molecule has 1 aliphatic heterocycles. The second kappa shape index (κ2) is 8.57. The minimum atomic E-state index is -0.657. The van der Waals surface area contributed by atoms with Crippen LogP contribution in [0.15, 0.2) is 64.2 Å². The van der Waals surface area contributed by atoms with Gasteiger partial charge in [0.2, 0.25) is 5.76 Å². The zero-order chi connectivity index (χ0) is 20.2. The van der Waals surface area contributed by atoms with Crippen molar-refractivity contribution in [3.8, 4) is 0 Å². The van der Waals surface area contributed by atoms with Gasteiger partial charge in [-0.25, -0.2) is 4.79 Å². The minimum absolute atomic E-state index is 0.0698. The Kier molecular flexibility index (Phi) is 5.71. The number of anilines is 1. The number of hydrogen-bond acceptors (Lipinski definition) is 6. The van der Waals surface area contributed by atoms with E-state index in [2.05, 4.69) is 12.0 Å². The largest absolute Gasteiger partial charge is 0.452 e. The highest BCUT2D eigenvalue weighted by molar-refractivity contribution is 8.00. The smallest absolute Gasteiger partial charge is 0.374 e. The fraction of sp³-hybridized carbons (Fsp3) is 0.286. The first-order valence-electron chi connectivity index (χ1n) is 9.39. The molecule has 4 rings (SSSR count). The number of nitrogens with zero attached hydrogens (tertiary/aromatic N) is 3. The van der Waals surface area contributed by atoms with Gasteiger partial charge in [-0.15, -0.1) is 11.8 Å². The summed E-state index contributed by atoms with van der Waals surface area (Å²) in [4.78, 5) is 27.8. The molecular formula is C21H21N3O4S. The number of aromatic nitrogens is 2. The molecule has 150 valence electrons. The monoisotopic (exact) mass is 411 g/mol. The number of furan rings is 1. The molecule has 0 saturated heterocycles. The highest BCUT2D eigenvalue weighted by Gasteiger charge is 2.25. The SMILES string of the molecule is CC1CCN(C(=O)COC(=O)c2ccc(Cn3cccn3)o2)c2ccccc2S1. The second-order valence-electron chi connectivity index (χ2n) is 6.78. The number of benzene rings is 1. The van der Waals surface area contributed by atoms with Crippen LogP contribution in [0.2, 0.25) is 0 Å². The topological polar surface area (TPSA) is 77.6 Å². The quantitative estimate of drug-likeness (QED) is 0.597. The van der Waals surface area contributed by atoms with Crippen LogP contribution in [0.5, 0.6) is 0 Å². The average Bonchev–Trinajstić information content (AvgIpc) is 3.36. The van der Waals surface area contributed by atoms with Crippen molar-refractivity contribution in [1.82, 2.24) is 9.78 Å². The Morgan fingerprint density at radius 2 is 2.10 bits per heavy atom. The summed E-state index contributed by atoms with van der Waals surface area (Å²) < 4.78 is 12.4. The number of carbonyl (C=O) groups is 2. The van der Waals surface area contributed by atoms with Crippen LogP contribution in [-0.4, -0.2) is 40.1 Å². The summed E-state index contributed by atoms with van der Waals surface area (Å²) >= 11 is 1.76. The predicted molar refractivity (Wildman–Crippen MR) is 109 cm³/mol. The Hall–Kier alpha value is -3.00. The van der Waals surface area contributed by atoms with Gasteiger partial charge in [-0.1, -0.05) is 19.1 Å². The van der Waals surface area contributed by atoms with E-state index in [1.807, 2.05) is 30.3 Å². The molecule has 2 aromatic heterocycles. The van der Waals surface area contributed by atoms with Crippen molar-refractivity contribution in [2.45, 2.75) is 30.0 Å². The van der Waals surface area contributed by atoms with Crippen molar-refractivity contribution in [3.63, 3.8) is 0 Å². The maximum Gasteiger partial charge on any atom is 0.374 e. The maximum atomic E-state index is 12.8. The summed E-state index contributed by atoms with van der Waals surface area (Å²) in [6.45, 7) is 2.82. The number of carbonyl (C=O) groups excluding carboxylic acids is 2. The van der Waals surface area contributed by atoms with Gasteiger partial charge in [-0.2, -0.15) is 5.10 Å². The van der Waals surface area contributed by atoms with Gasteiger partial charge in [0.05, 0.1) is 12.2 Å². The molecule has 7 nitrogen and oxygen atoms in total. The van der Waals surface area contributed by atoms with Crippen molar-refractivity contribution < 1.29 is 18.7 Å². The first kappa shape index (κ1) is 19.3. The molecule has 0 aliphatic carbocycles. The lowest BCUT2D eigenvalue weighted by Crippen LogP contribution is -2.35. The molecule has 0 fully saturated rings. The van der Waals surface area contributed by atoms with E-state index in [4.69, 9.17) is 9.15 Å². The Balaban J connectivity index is 1.38. The van der Waals surface area contributed by atoms with E-state index in [1.165, 1.54) is 0 Å². The third-order valence-corrected chi connectivity index (χ3v) is 5.85. The third-order valence-electron chi connectivity index (χ3n) is 4.61. The van der Waals surface area contributed by atoms with Gasteiger partial charge in [-0.05, 0) is 36.8 Å². The van der Waals surface area contributed by atoms with Crippen LogP contribution >= 0.6 is 11.8 Å². The first-order chi connectivity index (χ1) is 14.1. The van der Waals surface area contributed by atoms with Crippen molar-refractivity contribution in [1.29, 1.82) is 0 Å². The molecule has 0 bridgehead atoms. The lowest BCUT2D eigenvalue weighted by Gasteiger charge is -2.22. The Labute approximate surface area is 172 Å². The molecule has 0 spiro atoms. The lowest BCUT2D eigenvalue weighted by molar-refractivity contribution is -0.121. The summed E-state index contributed by atoms with van der Waals surface area (Å²) in [5, 5.41) is 4.51. The average molecular weight is 411 g/mol. The van der Waals surface area contributed by atoms with Crippen molar-refractivity contribution in [3.05, 3.63) is 66.4 Å². The molecule has 29 heavy (non-hydrogen) atoms. The number of thioether (sulfide) groups is 1. The number of esters is 1. The minimum Gasteiger partial charge on any atom is -0.452 e. The number of amides is 1. The van der Waals surface area contributed by atoms with Crippen molar-refractivity contribution >= 4 is 29.3 Å². The molecule has 1 aliphatic rings. The van der Waals surface area contributed by atoms with Crippen LogP contribution in [0.3, 0.4) is 0 Å². The summed E-state index contributed by atoms with van der Waals surface area (Å²) in [7, 11) is 0. The highest BCUT2D eigenvalue weighted by Crippen LogP contribution is 2.37. The number of fused-ring (bicyclic) bond motifs is 1. The van der Waals surface area contributed by atoms with Gasteiger partial charge in [0.15, 0.2) is 6.61 Å². The van der Waals surface area contributed by atoms with E-state index in [1.54, 1.807) is 45.9 Å². The van der Waals surface area contributed by atoms with E-state index in [0.29, 0.717) is 24.1 Å². The van der Waals surface area contributed by atoms with Crippen LogP contribution in [-0.2, 0) is 16.1 Å². The van der Waals surface area contributed by atoms with Crippen LogP contribution in [0.25, 0.3) is 0 Å². The molecule has 0 N–H and O–H groups in total. The molecular weight excluding hydrogens is 390 g/mol. The van der Waals surface area contributed by atoms with Crippen LogP contribution in [0, 0.1) is 0 Å². The molecule has 3 heterocycles. The molecule has 1 atom stereocenters. The first-order valence-corrected chi connectivity index (χ1v) is 10.3. The molecule has 1 aromatic carbocycles. The zero-order valence-corrected chi connectivity index (χ0v) is 16.8. The number of hydrogen-bond donors (Lipinski definition) is 0. The van der Waals surface area contributed by atoms with E-state index in [-0.39, 0.29) is 18.3 Å². The van der Waals surface area contributed by atoms with E-state index in [9.17, 15) is 9.59 Å². The van der Waals surface area contributed by atoms with Gasteiger partial charge in [-0.3, -0.25) is 9.48 Å². The summed E-state index contributed by atoms with van der Waals surface area (Å²) in [6, 6.07) is 12.9. The van der Waals surface area contributed by atoms with Gasteiger partial charge >= 0.3 is 5.97 Å². The number of rotatable bonds is 5. The molecule has 0 radical (unpaired) electrons. The second-order valence-corrected chi connectivity index (χ2v) is 8.26. The molecule has 8 heteroatoms. The normalized spacial score (nSPS) is 16.2. The van der Waals surface area contributed by atoms with Gasteiger partial charge in [0.25, 0.3) is 5.91 Å². The highest BCUT2D eigenvalue weighted by atomic mass is 32.2. The standard InChI is InChI=1S/C21H21N3O4S/c1-15-9-12-24(17-5-2-3-6-19(17)29-15)20(25)14-27-21(26)18-8-7-16(28-18)13-23-11-4-10-22-23/h2-8,10-11,15H,9,12-14H2,1H3. The molecule has 1 unspecified atom stereocenters. The van der Waals surface area contributed by atoms with Gasteiger partial charge < -0.3 is 14.1 Å². The van der Waals surface area contributed by atoms with Gasteiger partial charge in [0, 0.05) is 29.1 Å². The summed E-state index contributed by atoms with van der Waals surface area (Å²) in [5.41, 5.74) is 0.863. The molecule has 0 saturated carbocycles. The van der Waals surface area contributed by atoms with E-state index < -0.39 is 5.97 Å². The Morgan fingerprint density at radius 1 is 1.24 bits per heavy atom. The fourth-order valence-corrected chi connectivity index (χ4v) is 4.26. The summed E-state index contributed by atoms with van der Waals surface area (Å²) in [5.74, 6) is -0.250. The van der Waals surface area contributed by atoms with E-state index in [0.717, 1.165) is 17.0 Å². The zero-order valence-electron chi connectivity index (χ0n) is 16.0. The van der Waals surface area contributed by atoms with Crippen LogP contribution in [0.4, 0.5) is 5.69 Å². The lowest BCUT2D eigenvalue weighted by atomic mass is 10.2. The fourth-order valence-electron chi connectivity index (χ4n) is 3.15. The van der Waals surface area contributed by atoms with Crippen LogP contribution in [0.1, 0.15) is 29.7 Å². The van der Waals surface area contributed by atoms with Crippen LogP contribution < -0.4 is 4.90 Å². The van der Waals surface area contributed by atoms with Gasteiger partial charge in [0.1, 0.15) is 5.76 Å². The van der Waals surface area contributed by atoms with Crippen molar-refractivity contribution in [2.75, 3.05) is 18.1 Å². The van der Waals surface area contributed by atoms with Crippen molar-refractivity contribution in [2.24, 2.45) is 0 Å². The Bertz CT molecular complexity index is 999. The number of para-hydroxylation sites is 1. The van der Waals surface area contributed by atoms with E-state index >= 15 is 0 Å². The third kappa shape index (κ3) is 4.54. The maximum absolute atomic E-state index is 12.8. The number of ether oxygens (including phenoxy) is 1.